The molecule has 0 bridgehead atoms. The van der Waals surface area contributed by atoms with Gasteiger partial charge >= 0.3 is 0 Å². The van der Waals surface area contributed by atoms with E-state index in [-0.39, 0.29) is 10.8 Å². The van der Waals surface area contributed by atoms with Crippen LogP contribution < -0.4 is 4.50 Å². The van der Waals surface area contributed by atoms with E-state index in [0.29, 0.717) is 22.5 Å². The summed E-state index contributed by atoms with van der Waals surface area (Å²) in [6.45, 7) is 23.3. The van der Waals surface area contributed by atoms with Gasteiger partial charge in [-0.25, -0.2) is 4.99 Å². The summed E-state index contributed by atoms with van der Waals surface area (Å²) in [5.74, 6) is 0.516. The lowest BCUT2D eigenvalue weighted by atomic mass is 9.66. The molecular formula is C21H36N2SSi. The molecule has 25 heavy (non-hydrogen) atoms. The second-order valence-corrected chi connectivity index (χ2v) is 16.9. The fraction of sp³-hybridized carbons (Fsp3) is 0.714. The van der Waals surface area contributed by atoms with Gasteiger partial charge in [-0.3, -0.25) is 5.41 Å². The van der Waals surface area contributed by atoms with Gasteiger partial charge in [-0.1, -0.05) is 75.3 Å². The van der Waals surface area contributed by atoms with Crippen LogP contribution in [0.3, 0.4) is 0 Å². The molecule has 2 heterocycles. The smallest absolute Gasteiger partial charge is 0.127 e. The lowest BCUT2D eigenvalue weighted by Gasteiger charge is -2.42. The van der Waals surface area contributed by atoms with E-state index in [9.17, 15) is 0 Å². The van der Waals surface area contributed by atoms with Crippen molar-refractivity contribution in [1.29, 1.82) is 5.41 Å². The molecule has 1 aromatic rings. The summed E-state index contributed by atoms with van der Waals surface area (Å²) in [6, 6.07) is 4.67. The molecule has 0 unspecified atom stereocenters. The third-order valence-electron chi connectivity index (χ3n) is 7.10. The molecule has 0 radical (unpaired) electrons. The Morgan fingerprint density at radius 2 is 1.36 bits per heavy atom. The van der Waals surface area contributed by atoms with E-state index in [1.807, 2.05) is 11.3 Å². The molecule has 0 amide bonds. The SMILES string of the molecule is CC(C)[Si](c1ccc(C2=NC(=N)C(C)(C)C2(C)C)s1)(C(C)C)C(C)C. The van der Waals surface area contributed by atoms with Gasteiger partial charge in [0, 0.05) is 15.7 Å². The average Bonchev–Trinajstić information content (AvgIpc) is 2.97. The van der Waals surface area contributed by atoms with Crippen molar-refractivity contribution >= 4 is 35.5 Å². The Bertz CT molecular complexity index is 671. The van der Waals surface area contributed by atoms with Gasteiger partial charge < -0.3 is 0 Å². The van der Waals surface area contributed by atoms with Crippen molar-refractivity contribution in [2.75, 3.05) is 0 Å². The molecule has 0 spiro atoms. The molecule has 1 aromatic heterocycles. The molecule has 0 aliphatic carbocycles. The lowest BCUT2D eigenvalue weighted by Crippen LogP contribution is -2.54. The van der Waals surface area contributed by atoms with Crippen LogP contribution >= 0.6 is 11.3 Å². The Morgan fingerprint density at radius 1 is 0.880 bits per heavy atom. The predicted molar refractivity (Wildman–Crippen MR) is 117 cm³/mol. The quantitative estimate of drug-likeness (QED) is 0.572. The summed E-state index contributed by atoms with van der Waals surface area (Å²) in [5.41, 5.74) is 2.93. The first-order valence-electron chi connectivity index (χ1n) is 9.60. The lowest BCUT2D eigenvalue weighted by molar-refractivity contribution is 0.298. The molecule has 4 heteroatoms. The Hall–Kier alpha value is -0.743. The minimum Gasteiger partial charge on any atom is -0.286 e. The number of hydrogen-bond acceptors (Lipinski definition) is 2. The molecular weight excluding hydrogens is 340 g/mol. The first kappa shape index (κ1) is 20.6. The van der Waals surface area contributed by atoms with E-state index in [0.717, 1.165) is 5.71 Å². The van der Waals surface area contributed by atoms with Crippen LogP contribution in [0.1, 0.15) is 74.1 Å². The number of hydrogen-bond donors (Lipinski definition) is 1. The van der Waals surface area contributed by atoms with Gasteiger partial charge in [0.25, 0.3) is 0 Å². The summed E-state index contributed by atoms with van der Waals surface area (Å²) in [7, 11) is -1.62. The zero-order chi connectivity index (χ0) is 19.4. The fourth-order valence-corrected chi connectivity index (χ4v) is 15.0. The highest BCUT2D eigenvalue weighted by atomic mass is 32.1. The molecule has 140 valence electrons. The molecule has 2 rings (SSSR count). The molecule has 2 nitrogen and oxygen atoms in total. The first-order chi connectivity index (χ1) is 11.3. The van der Waals surface area contributed by atoms with Crippen molar-refractivity contribution in [1.82, 2.24) is 0 Å². The normalized spacial score (nSPS) is 20.0. The molecule has 0 fully saturated rings. The third kappa shape index (κ3) is 2.80. The number of nitrogens with zero attached hydrogens (tertiary/aromatic N) is 1. The highest BCUT2D eigenvalue weighted by molar-refractivity contribution is 7.29. The minimum atomic E-state index is -1.62. The van der Waals surface area contributed by atoms with Crippen LogP contribution in [0.15, 0.2) is 17.1 Å². The van der Waals surface area contributed by atoms with E-state index in [4.69, 9.17) is 10.4 Å². The average molecular weight is 377 g/mol. The number of nitrogens with one attached hydrogen (secondary N) is 1. The number of thiophene rings is 1. The van der Waals surface area contributed by atoms with E-state index >= 15 is 0 Å². The minimum absolute atomic E-state index is 0.107. The summed E-state index contributed by atoms with van der Waals surface area (Å²) >= 11 is 1.96. The summed E-state index contributed by atoms with van der Waals surface area (Å²) in [6.07, 6.45) is 0. The van der Waals surface area contributed by atoms with Crippen LogP contribution in [-0.2, 0) is 0 Å². The Morgan fingerprint density at radius 3 is 1.72 bits per heavy atom. The van der Waals surface area contributed by atoms with E-state index in [1.54, 1.807) is 4.50 Å². The second kappa shape index (κ2) is 6.45. The van der Waals surface area contributed by atoms with Crippen molar-refractivity contribution in [2.24, 2.45) is 15.8 Å². The number of rotatable bonds is 5. The van der Waals surface area contributed by atoms with Crippen LogP contribution in [0.25, 0.3) is 0 Å². The summed E-state index contributed by atoms with van der Waals surface area (Å²) in [4.78, 5) is 5.99. The van der Waals surface area contributed by atoms with E-state index in [1.165, 1.54) is 4.88 Å². The summed E-state index contributed by atoms with van der Waals surface area (Å²) in [5, 5.41) is 8.35. The van der Waals surface area contributed by atoms with Crippen LogP contribution in [0.2, 0.25) is 16.6 Å². The highest BCUT2D eigenvalue weighted by Crippen LogP contribution is 2.48. The Labute approximate surface area is 159 Å². The maximum Gasteiger partial charge on any atom is 0.127 e. The molecule has 0 atom stereocenters. The van der Waals surface area contributed by atoms with Crippen LogP contribution in [0.5, 0.6) is 0 Å². The third-order valence-corrected chi connectivity index (χ3v) is 16.1. The number of aliphatic imine (C=N–C) groups is 1. The predicted octanol–water partition coefficient (Wildman–Crippen LogP) is 6.47. The molecule has 0 saturated heterocycles. The van der Waals surface area contributed by atoms with Crippen molar-refractivity contribution in [3.05, 3.63) is 17.0 Å². The maximum absolute atomic E-state index is 8.35. The topological polar surface area (TPSA) is 36.2 Å². The second-order valence-electron chi connectivity index (χ2n) is 9.62. The maximum atomic E-state index is 8.35. The fourth-order valence-electron chi connectivity index (χ4n) is 4.90. The molecule has 0 aromatic carbocycles. The molecule has 1 aliphatic rings. The van der Waals surface area contributed by atoms with Crippen molar-refractivity contribution in [3.63, 3.8) is 0 Å². The Kier molecular flexibility index (Phi) is 5.31. The van der Waals surface area contributed by atoms with Crippen LogP contribution in [0.4, 0.5) is 0 Å². The van der Waals surface area contributed by atoms with Gasteiger partial charge in [-0.15, -0.1) is 11.3 Å². The van der Waals surface area contributed by atoms with Crippen molar-refractivity contribution in [2.45, 2.75) is 85.9 Å². The molecule has 1 N–H and O–H groups in total. The van der Waals surface area contributed by atoms with Crippen LogP contribution in [-0.4, -0.2) is 19.6 Å². The number of amidine groups is 1. The van der Waals surface area contributed by atoms with E-state index in [2.05, 4.69) is 81.4 Å². The zero-order valence-electron chi connectivity index (χ0n) is 17.7. The molecule has 0 saturated carbocycles. The van der Waals surface area contributed by atoms with Crippen molar-refractivity contribution < 1.29 is 0 Å². The monoisotopic (exact) mass is 376 g/mol. The van der Waals surface area contributed by atoms with Gasteiger partial charge in [0.1, 0.15) is 13.9 Å². The Balaban J connectivity index is 2.57. The van der Waals surface area contributed by atoms with Gasteiger partial charge in [-0.05, 0) is 27.2 Å². The van der Waals surface area contributed by atoms with Crippen molar-refractivity contribution in [3.8, 4) is 0 Å². The standard InChI is InChI=1S/C21H36N2SSi/c1-13(2)25(14(3)4,15(5)6)17-12-11-16(24-17)18-20(7,8)21(9,10)19(22)23-18/h11-15,22H,1-10H3. The largest absolute Gasteiger partial charge is 0.286 e. The van der Waals surface area contributed by atoms with Gasteiger partial charge in [0.05, 0.1) is 5.71 Å². The van der Waals surface area contributed by atoms with Gasteiger partial charge in [0.15, 0.2) is 0 Å². The van der Waals surface area contributed by atoms with Gasteiger partial charge in [0.2, 0.25) is 0 Å². The van der Waals surface area contributed by atoms with Crippen LogP contribution in [0, 0.1) is 16.2 Å². The van der Waals surface area contributed by atoms with E-state index < -0.39 is 8.07 Å². The van der Waals surface area contributed by atoms with Gasteiger partial charge in [-0.2, -0.15) is 0 Å². The highest BCUT2D eigenvalue weighted by Gasteiger charge is 2.51. The molecule has 1 aliphatic heterocycles. The zero-order valence-corrected chi connectivity index (χ0v) is 19.6. The first-order valence-corrected chi connectivity index (χ1v) is 12.6. The summed E-state index contributed by atoms with van der Waals surface area (Å²) < 4.78 is 1.61.